The predicted molar refractivity (Wildman–Crippen MR) is 106 cm³/mol. The first-order valence-electron chi connectivity index (χ1n) is 9.88. The average molecular weight is 403 g/mol. The molecular weight excluding hydrogens is 376 g/mol. The fourth-order valence-corrected chi connectivity index (χ4v) is 4.62. The number of amides is 2. The number of thiazole rings is 1. The molecule has 2 aliphatic rings. The van der Waals surface area contributed by atoms with Crippen LogP contribution >= 0.6 is 11.3 Å². The Labute approximate surface area is 168 Å². The van der Waals surface area contributed by atoms with Gasteiger partial charge in [0.25, 0.3) is 5.91 Å². The van der Waals surface area contributed by atoms with E-state index in [-0.39, 0.29) is 17.9 Å². The summed E-state index contributed by atoms with van der Waals surface area (Å²) in [4.78, 5) is 36.4. The zero-order valence-corrected chi connectivity index (χ0v) is 17.0. The second-order valence-electron chi connectivity index (χ2n) is 7.45. The lowest BCUT2D eigenvalue weighted by atomic mass is 10.00. The molecule has 4 rings (SSSR count). The highest BCUT2D eigenvalue weighted by Gasteiger charge is 2.36. The number of nitrogens with zero attached hydrogens (tertiary/aromatic N) is 4. The molecule has 7 nitrogen and oxygen atoms in total. The summed E-state index contributed by atoms with van der Waals surface area (Å²) >= 11 is 1.67. The van der Waals surface area contributed by atoms with E-state index < -0.39 is 0 Å². The number of aromatic nitrogens is 1. The van der Waals surface area contributed by atoms with Gasteiger partial charge in [-0.25, -0.2) is 4.98 Å². The van der Waals surface area contributed by atoms with Crippen LogP contribution in [0.15, 0.2) is 28.2 Å². The summed E-state index contributed by atoms with van der Waals surface area (Å²) in [6.07, 6.45) is 4.12. The fourth-order valence-electron chi connectivity index (χ4n) is 4.02. The number of rotatable bonds is 4. The molecule has 4 heterocycles. The lowest BCUT2D eigenvalue weighted by Crippen LogP contribution is -2.57. The molecule has 2 aromatic rings. The van der Waals surface area contributed by atoms with E-state index >= 15 is 0 Å². The van der Waals surface area contributed by atoms with Crippen LogP contribution < -0.4 is 0 Å². The van der Waals surface area contributed by atoms with Gasteiger partial charge in [-0.05, 0) is 38.3 Å². The molecule has 28 heavy (non-hydrogen) atoms. The summed E-state index contributed by atoms with van der Waals surface area (Å²) in [5, 5.41) is 3.19. The number of piperidine rings is 1. The summed E-state index contributed by atoms with van der Waals surface area (Å²) in [5.74, 6) is 0.201. The van der Waals surface area contributed by atoms with Gasteiger partial charge in [-0.15, -0.1) is 11.3 Å². The van der Waals surface area contributed by atoms with E-state index in [1.165, 1.54) is 6.26 Å². The Bertz CT molecular complexity index is 811. The van der Waals surface area contributed by atoms with Crippen molar-refractivity contribution in [1.82, 2.24) is 19.7 Å². The lowest BCUT2D eigenvalue weighted by Gasteiger charge is -2.40. The Morgan fingerprint density at radius 3 is 2.71 bits per heavy atom. The van der Waals surface area contributed by atoms with Gasteiger partial charge in [-0.1, -0.05) is 0 Å². The molecular formula is C20H26N4O3S. The first-order chi connectivity index (χ1) is 13.6. The van der Waals surface area contributed by atoms with E-state index in [0.717, 1.165) is 49.6 Å². The highest BCUT2D eigenvalue weighted by molar-refractivity contribution is 7.09. The van der Waals surface area contributed by atoms with Gasteiger partial charge in [-0.3, -0.25) is 14.5 Å². The van der Waals surface area contributed by atoms with Crippen LogP contribution in [0, 0.1) is 6.92 Å². The minimum absolute atomic E-state index is 0.0729. The number of carbonyl (C=O) groups is 2. The van der Waals surface area contributed by atoms with E-state index in [1.54, 1.807) is 28.4 Å². The lowest BCUT2D eigenvalue weighted by molar-refractivity contribution is -0.139. The highest BCUT2D eigenvalue weighted by Crippen LogP contribution is 2.22. The zero-order valence-electron chi connectivity index (χ0n) is 16.2. The Kier molecular flexibility index (Phi) is 5.77. The van der Waals surface area contributed by atoms with Crippen LogP contribution in [0.2, 0.25) is 0 Å². The molecule has 0 saturated carbocycles. The molecule has 0 bridgehead atoms. The van der Waals surface area contributed by atoms with Crippen molar-refractivity contribution >= 4 is 23.2 Å². The molecule has 2 aromatic heterocycles. The van der Waals surface area contributed by atoms with Crippen molar-refractivity contribution in [2.24, 2.45) is 0 Å². The first kappa shape index (κ1) is 19.1. The SMILES string of the molecule is Cc1nc(CN2CCN(C(=O)C3CCCCN3C(=O)c3ccco3)CC2)cs1. The molecule has 8 heteroatoms. The maximum atomic E-state index is 13.2. The van der Waals surface area contributed by atoms with Crippen LogP contribution in [0.5, 0.6) is 0 Å². The van der Waals surface area contributed by atoms with Crippen molar-refractivity contribution in [3.8, 4) is 0 Å². The average Bonchev–Trinajstić information content (AvgIpc) is 3.39. The fraction of sp³-hybridized carbons (Fsp3) is 0.550. The third-order valence-corrected chi connectivity index (χ3v) is 6.34. The molecule has 0 spiro atoms. The standard InChI is InChI=1S/C20H26N4O3S/c1-15-21-16(14-28-15)13-22-8-10-23(11-9-22)19(25)17-5-2-3-7-24(17)20(26)18-6-4-12-27-18/h4,6,12,14,17H,2-3,5,7-11,13H2,1H3. The van der Waals surface area contributed by atoms with E-state index in [0.29, 0.717) is 25.4 Å². The van der Waals surface area contributed by atoms with Crippen LogP contribution in [-0.2, 0) is 11.3 Å². The normalized spacial score (nSPS) is 21.1. The number of hydrogen-bond acceptors (Lipinski definition) is 6. The van der Waals surface area contributed by atoms with Crippen LogP contribution in [0.1, 0.15) is 40.5 Å². The predicted octanol–water partition coefficient (Wildman–Crippen LogP) is 2.38. The molecule has 0 aliphatic carbocycles. The van der Waals surface area contributed by atoms with Crippen molar-refractivity contribution in [2.45, 2.75) is 38.8 Å². The van der Waals surface area contributed by atoms with Gasteiger partial charge >= 0.3 is 0 Å². The van der Waals surface area contributed by atoms with Gasteiger partial charge in [0, 0.05) is 44.6 Å². The Morgan fingerprint density at radius 1 is 1.21 bits per heavy atom. The maximum Gasteiger partial charge on any atom is 0.290 e. The second kappa shape index (κ2) is 8.45. The van der Waals surface area contributed by atoms with Gasteiger partial charge in [-0.2, -0.15) is 0 Å². The molecule has 150 valence electrons. The molecule has 2 fully saturated rings. The molecule has 2 saturated heterocycles. The largest absolute Gasteiger partial charge is 0.459 e. The van der Waals surface area contributed by atoms with E-state index in [2.05, 4.69) is 15.3 Å². The first-order valence-corrected chi connectivity index (χ1v) is 10.8. The van der Waals surface area contributed by atoms with Gasteiger partial charge < -0.3 is 14.2 Å². The van der Waals surface area contributed by atoms with E-state index in [9.17, 15) is 9.59 Å². The third kappa shape index (κ3) is 4.12. The molecule has 0 radical (unpaired) electrons. The quantitative estimate of drug-likeness (QED) is 0.785. The number of furan rings is 1. The summed E-state index contributed by atoms with van der Waals surface area (Å²) in [6.45, 7) is 6.52. The number of hydrogen-bond donors (Lipinski definition) is 0. The summed E-state index contributed by atoms with van der Waals surface area (Å²) < 4.78 is 5.27. The van der Waals surface area contributed by atoms with Crippen LogP contribution in [0.4, 0.5) is 0 Å². The minimum atomic E-state index is -0.376. The summed E-state index contributed by atoms with van der Waals surface area (Å²) in [6, 6.07) is 2.99. The van der Waals surface area contributed by atoms with Gasteiger partial charge in [0.2, 0.25) is 5.91 Å². The van der Waals surface area contributed by atoms with E-state index in [1.807, 2.05) is 11.8 Å². The highest BCUT2D eigenvalue weighted by atomic mass is 32.1. The number of aryl methyl sites for hydroxylation is 1. The van der Waals surface area contributed by atoms with Crippen LogP contribution in [0.25, 0.3) is 0 Å². The maximum absolute atomic E-state index is 13.2. The molecule has 0 N–H and O–H groups in total. The monoisotopic (exact) mass is 402 g/mol. The smallest absolute Gasteiger partial charge is 0.290 e. The Hall–Kier alpha value is -2.19. The third-order valence-electron chi connectivity index (χ3n) is 5.52. The van der Waals surface area contributed by atoms with Crippen LogP contribution in [0.3, 0.4) is 0 Å². The van der Waals surface area contributed by atoms with Crippen molar-refractivity contribution in [1.29, 1.82) is 0 Å². The Morgan fingerprint density at radius 2 is 2.04 bits per heavy atom. The summed E-state index contributed by atoms with van der Waals surface area (Å²) in [7, 11) is 0. The topological polar surface area (TPSA) is 69.9 Å². The second-order valence-corrected chi connectivity index (χ2v) is 8.51. The molecule has 0 aromatic carbocycles. The van der Waals surface area contributed by atoms with Gasteiger partial charge in [0.15, 0.2) is 5.76 Å². The van der Waals surface area contributed by atoms with Crippen LogP contribution in [-0.4, -0.2) is 70.3 Å². The number of piperazine rings is 1. The molecule has 2 aliphatic heterocycles. The minimum Gasteiger partial charge on any atom is -0.459 e. The van der Waals surface area contributed by atoms with Crippen molar-refractivity contribution in [3.05, 3.63) is 40.2 Å². The van der Waals surface area contributed by atoms with Crippen molar-refractivity contribution in [3.63, 3.8) is 0 Å². The number of likely N-dealkylation sites (tertiary alicyclic amines) is 1. The zero-order chi connectivity index (χ0) is 19.5. The summed E-state index contributed by atoms with van der Waals surface area (Å²) in [5.41, 5.74) is 1.10. The Balaban J connectivity index is 1.36. The van der Waals surface area contributed by atoms with E-state index in [4.69, 9.17) is 4.42 Å². The molecule has 1 atom stereocenters. The van der Waals surface area contributed by atoms with Crippen molar-refractivity contribution < 1.29 is 14.0 Å². The van der Waals surface area contributed by atoms with Gasteiger partial charge in [0.05, 0.1) is 17.0 Å². The van der Waals surface area contributed by atoms with Gasteiger partial charge in [0.1, 0.15) is 6.04 Å². The molecule has 2 amide bonds. The molecule has 1 unspecified atom stereocenters. The number of carbonyl (C=O) groups excluding carboxylic acids is 2. The van der Waals surface area contributed by atoms with Crippen molar-refractivity contribution in [2.75, 3.05) is 32.7 Å².